The maximum absolute atomic E-state index is 13.4. The second-order valence-electron chi connectivity index (χ2n) is 25.7. The Hall–Kier alpha value is -2.51. The molecule has 91 heavy (non-hydrogen) atoms. The average molecular weight is 1300 g/mol. The number of carbonyl (C=O) groups excluding carboxylic acids is 1. The second-order valence-corrected chi connectivity index (χ2v) is 25.7. The van der Waals surface area contributed by atoms with Crippen LogP contribution < -0.4 is 5.32 Å². The van der Waals surface area contributed by atoms with Gasteiger partial charge in [0.25, 0.3) is 0 Å². The number of hydrogen-bond acceptors (Lipinski definition) is 18. The van der Waals surface area contributed by atoms with Gasteiger partial charge in [0.15, 0.2) is 18.9 Å². The fourth-order valence-corrected chi connectivity index (χ4v) is 12.0. The lowest BCUT2D eigenvalue weighted by Crippen LogP contribution is -2.66. The largest absolute Gasteiger partial charge is 0.394 e. The molecule has 0 aromatic carbocycles. The van der Waals surface area contributed by atoms with E-state index in [4.69, 9.17) is 28.4 Å². The standard InChI is InChI=1S/C72H129NO18/c1-3-5-7-9-11-13-15-17-19-21-23-25-27-29-31-33-35-37-39-41-43-45-47-49-56(77)55(73-60(78)50-48-46-44-42-40-38-36-34-32-30-28-26-24-22-20-18-16-14-12-10-8-6-4-2)54-86-70-66(84)63(81)68(58(52-75)88-70)91-72-67(85)64(82)69(59(53-76)89-72)90-71-65(83)62(80)61(79)57(51-74)87-71/h6,8,12,14,18,20,24,26,47,49,55-59,61-72,74-77,79-85H,3-5,7,9-11,13,15-17,19,21-23,25,27-46,48,50-54H2,1-2H3,(H,73,78)/b8-6-,14-12-,20-18-,26-24-,49-47+. The number of rotatable bonds is 55. The molecule has 0 bridgehead atoms. The Morgan fingerprint density at radius 2 is 0.758 bits per heavy atom. The topological polar surface area (TPSA) is 307 Å². The summed E-state index contributed by atoms with van der Waals surface area (Å²) in [5.74, 6) is -0.280. The third-order valence-electron chi connectivity index (χ3n) is 17.8. The molecule has 0 saturated carbocycles. The average Bonchev–Trinajstić information content (AvgIpc) is 0.883. The van der Waals surface area contributed by atoms with E-state index in [1.807, 2.05) is 6.08 Å². The van der Waals surface area contributed by atoms with Crippen molar-refractivity contribution in [3.05, 3.63) is 60.8 Å². The van der Waals surface area contributed by atoms with Crippen molar-refractivity contribution in [1.82, 2.24) is 5.32 Å². The van der Waals surface area contributed by atoms with Crippen LogP contribution in [0.1, 0.15) is 258 Å². The normalized spacial score (nSPS) is 28.2. The summed E-state index contributed by atoms with van der Waals surface area (Å²) in [7, 11) is 0. The lowest BCUT2D eigenvalue weighted by atomic mass is 9.96. The lowest BCUT2D eigenvalue weighted by Gasteiger charge is -2.48. The monoisotopic (exact) mass is 1300 g/mol. The smallest absolute Gasteiger partial charge is 0.220 e. The van der Waals surface area contributed by atoms with Crippen LogP contribution in [-0.2, 0) is 33.2 Å². The summed E-state index contributed by atoms with van der Waals surface area (Å²) in [5.41, 5.74) is 0. The van der Waals surface area contributed by atoms with Gasteiger partial charge in [-0.1, -0.05) is 254 Å². The Morgan fingerprint density at radius 1 is 0.407 bits per heavy atom. The number of unbranched alkanes of at least 4 members (excludes halogenated alkanes) is 31. The molecule has 0 aromatic heterocycles. The minimum atomic E-state index is -1.98. The SMILES string of the molecule is CC/C=C\C/C=C\C/C=C\C/C=C\CCCCCCCCCCCCC(=O)NC(COC1OC(CO)C(OC2OC(CO)C(OC3OC(CO)C(O)C(O)C3O)C(O)C2O)C(O)C1O)C(O)/C=C/CCCCCCCCCCCCCCCCCCCCCCC. The van der Waals surface area contributed by atoms with Gasteiger partial charge >= 0.3 is 0 Å². The van der Waals surface area contributed by atoms with Crippen LogP contribution in [0.4, 0.5) is 0 Å². The Balaban J connectivity index is 1.43. The van der Waals surface area contributed by atoms with E-state index in [2.05, 4.69) is 67.8 Å². The minimum Gasteiger partial charge on any atom is -0.394 e. The van der Waals surface area contributed by atoms with E-state index >= 15 is 0 Å². The van der Waals surface area contributed by atoms with Gasteiger partial charge in [-0.15, -0.1) is 0 Å². The number of allylic oxidation sites excluding steroid dienone is 9. The molecule has 3 rings (SSSR count). The minimum absolute atomic E-state index is 0.236. The van der Waals surface area contributed by atoms with E-state index in [0.29, 0.717) is 6.42 Å². The fourth-order valence-electron chi connectivity index (χ4n) is 12.0. The highest BCUT2D eigenvalue weighted by Crippen LogP contribution is 2.33. The molecule has 0 aliphatic carbocycles. The third-order valence-corrected chi connectivity index (χ3v) is 17.8. The Labute approximate surface area is 547 Å². The van der Waals surface area contributed by atoms with E-state index in [1.54, 1.807) is 6.08 Å². The van der Waals surface area contributed by atoms with Gasteiger partial charge in [0.05, 0.1) is 38.6 Å². The van der Waals surface area contributed by atoms with Crippen molar-refractivity contribution in [2.45, 2.75) is 362 Å². The molecule has 12 N–H and O–H groups in total. The first-order valence-corrected chi connectivity index (χ1v) is 36.0. The van der Waals surface area contributed by atoms with Crippen LogP contribution in [0.2, 0.25) is 0 Å². The summed E-state index contributed by atoms with van der Waals surface area (Å²) < 4.78 is 34.4. The van der Waals surface area contributed by atoms with Crippen LogP contribution >= 0.6 is 0 Å². The van der Waals surface area contributed by atoms with Gasteiger partial charge in [0.2, 0.25) is 5.91 Å². The number of amides is 1. The first-order chi connectivity index (χ1) is 44.3. The molecule has 3 aliphatic heterocycles. The zero-order chi connectivity index (χ0) is 66.1. The molecule has 3 aliphatic rings. The Kier molecular flexibility index (Phi) is 48.7. The maximum Gasteiger partial charge on any atom is 0.220 e. The molecule has 530 valence electrons. The highest BCUT2D eigenvalue weighted by Gasteiger charge is 2.53. The molecule has 0 aromatic rings. The summed E-state index contributed by atoms with van der Waals surface area (Å²) in [4.78, 5) is 13.4. The van der Waals surface area contributed by atoms with Gasteiger partial charge in [0, 0.05) is 6.42 Å². The quantitative estimate of drug-likeness (QED) is 0.0199. The molecule has 17 unspecified atom stereocenters. The first-order valence-electron chi connectivity index (χ1n) is 36.0. The van der Waals surface area contributed by atoms with Crippen LogP contribution in [0.3, 0.4) is 0 Å². The molecule has 3 fully saturated rings. The van der Waals surface area contributed by atoms with Crippen LogP contribution in [0.15, 0.2) is 60.8 Å². The van der Waals surface area contributed by atoms with E-state index in [9.17, 15) is 61.0 Å². The summed E-state index contributed by atoms with van der Waals surface area (Å²) in [6, 6.07) is -0.979. The number of hydrogen-bond donors (Lipinski definition) is 12. The van der Waals surface area contributed by atoms with Crippen LogP contribution in [0.25, 0.3) is 0 Å². The molecule has 0 spiro atoms. The Bertz CT molecular complexity index is 1890. The zero-order valence-electron chi connectivity index (χ0n) is 56.1. The van der Waals surface area contributed by atoms with E-state index in [1.165, 1.54) is 148 Å². The van der Waals surface area contributed by atoms with Crippen LogP contribution in [-0.4, -0.2) is 193 Å². The predicted octanol–water partition coefficient (Wildman–Crippen LogP) is 9.94. The van der Waals surface area contributed by atoms with Crippen molar-refractivity contribution in [3.63, 3.8) is 0 Å². The van der Waals surface area contributed by atoms with E-state index in [0.717, 1.165) is 83.5 Å². The van der Waals surface area contributed by atoms with Gasteiger partial charge in [0.1, 0.15) is 73.2 Å². The van der Waals surface area contributed by atoms with E-state index < -0.39 is 124 Å². The molecule has 19 nitrogen and oxygen atoms in total. The highest BCUT2D eigenvalue weighted by molar-refractivity contribution is 5.76. The van der Waals surface area contributed by atoms with Gasteiger partial charge in [-0.3, -0.25) is 4.79 Å². The number of ether oxygens (including phenoxy) is 6. The summed E-state index contributed by atoms with van der Waals surface area (Å²) in [6.45, 7) is 1.64. The van der Waals surface area contributed by atoms with Crippen molar-refractivity contribution in [2.75, 3.05) is 26.4 Å². The van der Waals surface area contributed by atoms with Crippen LogP contribution in [0, 0.1) is 0 Å². The number of carbonyl (C=O) groups is 1. The molecular formula is C72H129NO18. The molecule has 0 radical (unpaired) electrons. The molecule has 3 saturated heterocycles. The van der Waals surface area contributed by atoms with Crippen LogP contribution in [0.5, 0.6) is 0 Å². The van der Waals surface area contributed by atoms with Crippen molar-refractivity contribution in [3.8, 4) is 0 Å². The third kappa shape index (κ3) is 35.4. The summed E-state index contributed by atoms with van der Waals surface area (Å²) in [5, 5.41) is 121. The Morgan fingerprint density at radius 3 is 1.19 bits per heavy atom. The molecule has 17 atom stereocenters. The second kappa shape index (κ2) is 53.6. The highest BCUT2D eigenvalue weighted by atomic mass is 16.8. The maximum atomic E-state index is 13.4. The number of aliphatic hydroxyl groups is 11. The zero-order valence-corrected chi connectivity index (χ0v) is 56.1. The van der Waals surface area contributed by atoms with Crippen molar-refractivity contribution in [2.24, 2.45) is 0 Å². The number of aliphatic hydroxyl groups excluding tert-OH is 11. The number of nitrogens with one attached hydrogen (secondary N) is 1. The fraction of sp³-hybridized carbons (Fsp3) is 0.847. The van der Waals surface area contributed by atoms with Gasteiger partial charge in [-0.2, -0.15) is 0 Å². The van der Waals surface area contributed by atoms with E-state index in [-0.39, 0.29) is 18.9 Å². The van der Waals surface area contributed by atoms with Gasteiger partial charge in [-0.25, -0.2) is 0 Å². The first kappa shape index (κ1) is 82.7. The summed E-state index contributed by atoms with van der Waals surface area (Å²) >= 11 is 0. The molecule has 1 amide bonds. The predicted molar refractivity (Wildman–Crippen MR) is 355 cm³/mol. The van der Waals surface area contributed by atoms with Gasteiger partial charge < -0.3 is 89.9 Å². The molecule has 3 heterocycles. The van der Waals surface area contributed by atoms with Crippen molar-refractivity contribution in [1.29, 1.82) is 0 Å². The van der Waals surface area contributed by atoms with Gasteiger partial charge in [-0.05, 0) is 57.8 Å². The summed E-state index contributed by atoms with van der Waals surface area (Å²) in [6.07, 6.45) is 39.0. The van der Waals surface area contributed by atoms with Crippen molar-refractivity contribution < 1.29 is 89.4 Å². The molecular weight excluding hydrogens is 1170 g/mol. The molecule has 19 heteroatoms. The van der Waals surface area contributed by atoms with Crippen molar-refractivity contribution >= 4 is 5.91 Å². The lowest BCUT2D eigenvalue weighted by molar-refractivity contribution is -0.379.